The first-order chi connectivity index (χ1) is 9.19. The number of amidine groups is 1. The number of hydrogen-bond acceptors (Lipinski definition) is 5. The van der Waals surface area contributed by atoms with E-state index >= 15 is 0 Å². The summed E-state index contributed by atoms with van der Waals surface area (Å²) in [5, 5.41) is 17.6. The van der Waals surface area contributed by atoms with Crippen LogP contribution in [0.4, 0.5) is 0 Å². The lowest BCUT2D eigenvalue weighted by Crippen LogP contribution is -2.50. The molecule has 1 fully saturated rings. The van der Waals surface area contributed by atoms with Crippen LogP contribution in [-0.2, 0) is 11.3 Å². The van der Waals surface area contributed by atoms with E-state index in [9.17, 15) is 4.79 Å². The highest BCUT2D eigenvalue weighted by molar-refractivity contribution is 7.09. The quantitative estimate of drug-likeness (QED) is 0.337. The number of oxime groups is 1. The maximum absolute atomic E-state index is 12.4. The summed E-state index contributed by atoms with van der Waals surface area (Å²) < 4.78 is 0. The zero-order chi connectivity index (χ0) is 13.7. The van der Waals surface area contributed by atoms with Crippen molar-refractivity contribution in [1.82, 2.24) is 10.3 Å². The molecule has 0 unspecified atom stereocenters. The Bertz CT molecular complexity index is 452. The van der Waals surface area contributed by atoms with Crippen molar-refractivity contribution in [2.75, 3.05) is 0 Å². The van der Waals surface area contributed by atoms with Crippen molar-refractivity contribution < 1.29 is 10.0 Å². The van der Waals surface area contributed by atoms with Crippen LogP contribution in [0.3, 0.4) is 0 Å². The van der Waals surface area contributed by atoms with Gasteiger partial charge in [0.1, 0.15) is 10.4 Å². The predicted molar refractivity (Wildman–Crippen MR) is 72.9 cm³/mol. The van der Waals surface area contributed by atoms with Gasteiger partial charge in [0.25, 0.3) is 0 Å². The summed E-state index contributed by atoms with van der Waals surface area (Å²) in [4.78, 5) is 16.5. The standard InChI is InChI=1S/C12H18N4O2S/c13-10(16-18)12(4-2-1-3-5-12)11(17)15-8-9-14-6-7-19-9/h6-7,18H,1-5,8H2,(H2,13,16)(H,15,17). The summed E-state index contributed by atoms with van der Waals surface area (Å²) in [6, 6.07) is 0. The number of hydrogen-bond donors (Lipinski definition) is 3. The molecule has 0 spiro atoms. The van der Waals surface area contributed by atoms with E-state index in [1.807, 2.05) is 5.38 Å². The van der Waals surface area contributed by atoms with E-state index in [1.54, 1.807) is 6.20 Å². The second-order valence-corrected chi connectivity index (χ2v) is 5.72. The first kappa shape index (κ1) is 13.8. The molecule has 0 aliphatic heterocycles. The van der Waals surface area contributed by atoms with Crippen molar-refractivity contribution in [3.63, 3.8) is 0 Å². The zero-order valence-electron chi connectivity index (χ0n) is 10.6. The topological polar surface area (TPSA) is 101 Å². The highest BCUT2D eigenvalue weighted by Crippen LogP contribution is 2.36. The predicted octanol–water partition coefficient (Wildman–Crippen LogP) is 1.46. The number of nitrogens with two attached hydrogens (primary N) is 1. The van der Waals surface area contributed by atoms with Crippen LogP contribution in [0.25, 0.3) is 0 Å². The smallest absolute Gasteiger partial charge is 0.234 e. The number of carbonyl (C=O) groups is 1. The number of carbonyl (C=O) groups excluding carboxylic acids is 1. The van der Waals surface area contributed by atoms with Gasteiger partial charge in [0.05, 0.1) is 6.54 Å². The van der Waals surface area contributed by atoms with Gasteiger partial charge in [-0.2, -0.15) is 0 Å². The molecular weight excluding hydrogens is 264 g/mol. The minimum Gasteiger partial charge on any atom is -0.409 e. The zero-order valence-corrected chi connectivity index (χ0v) is 11.4. The lowest BCUT2D eigenvalue weighted by atomic mass is 9.72. The van der Waals surface area contributed by atoms with Crippen LogP contribution in [0.5, 0.6) is 0 Å². The van der Waals surface area contributed by atoms with Crippen LogP contribution < -0.4 is 11.1 Å². The van der Waals surface area contributed by atoms with Crippen molar-refractivity contribution in [2.45, 2.75) is 38.6 Å². The molecule has 1 aromatic heterocycles. The Balaban J connectivity index is 2.07. The summed E-state index contributed by atoms with van der Waals surface area (Å²) in [5.41, 5.74) is 4.90. The minimum atomic E-state index is -0.857. The van der Waals surface area contributed by atoms with Gasteiger partial charge in [0, 0.05) is 11.6 Å². The Morgan fingerprint density at radius 1 is 1.53 bits per heavy atom. The number of nitrogens with one attached hydrogen (secondary N) is 1. The average Bonchev–Trinajstić information content (AvgIpc) is 2.97. The summed E-state index contributed by atoms with van der Waals surface area (Å²) in [6.07, 6.45) is 5.88. The molecule has 1 aromatic rings. The van der Waals surface area contributed by atoms with Gasteiger partial charge < -0.3 is 16.3 Å². The van der Waals surface area contributed by atoms with Gasteiger partial charge in [-0.1, -0.05) is 24.4 Å². The molecule has 0 radical (unpaired) electrons. The summed E-state index contributed by atoms with van der Waals surface area (Å²) >= 11 is 1.49. The minimum absolute atomic E-state index is 0.0174. The van der Waals surface area contributed by atoms with Gasteiger partial charge >= 0.3 is 0 Å². The van der Waals surface area contributed by atoms with E-state index in [0.717, 1.165) is 24.3 Å². The van der Waals surface area contributed by atoms with E-state index in [1.165, 1.54) is 11.3 Å². The first-order valence-electron chi connectivity index (χ1n) is 6.34. The molecule has 0 atom stereocenters. The van der Waals surface area contributed by atoms with E-state index in [2.05, 4.69) is 15.5 Å². The molecule has 7 heteroatoms. The molecule has 0 bridgehead atoms. The molecule has 0 aromatic carbocycles. The van der Waals surface area contributed by atoms with E-state index in [4.69, 9.17) is 10.9 Å². The molecule has 1 aliphatic rings. The third-order valence-electron chi connectivity index (χ3n) is 3.62. The maximum atomic E-state index is 12.4. The average molecular weight is 282 g/mol. The molecule has 4 N–H and O–H groups in total. The highest BCUT2D eigenvalue weighted by atomic mass is 32.1. The second kappa shape index (κ2) is 6.01. The molecule has 1 heterocycles. The van der Waals surface area contributed by atoms with E-state index in [0.29, 0.717) is 19.4 Å². The number of thiazole rings is 1. The first-order valence-corrected chi connectivity index (χ1v) is 7.22. The lowest BCUT2D eigenvalue weighted by molar-refractivity contribution is -0.129. The number of amides is 1. The molecule has 0 saturated heterocycles. The second-order valence-electron chi connectivity index (χ2n) is 4.74. The molecule has 6 nitrogen and oxygen atoms in total. The molecule has 1 aliphatic carbocycles. The molecule has 19 heavy (non-hydrogen) atoms. The molecule has 1 amide bonds. The Hall–Kier alpha value is -1.63. The van der Waals surface area contributed by atoms with Crippen molar-refractivity contribution in [3.05, 3.63) is 16.6 Å². The van der Waals surface area contributed by atoms with Crippen molar-refractivity contribution in [1.29, 1.82) is 0 Å². The van der Waals surface area contributed by atoms with Crippen molar-refractivity contribution >= 4 is 23.1 Å². The summed E-state index contributed by atoms with van der Waals surface area (Å²) in [6.45, 7) is 0.386. The van der Waals surface area contributed by atoms with Gasteiger partial charge in [0.2, 0.25) is 5.91 Å². The third kappa shape index (κ3) is 2.86. The van der Waals surface area contributed by atoms with Crippen LogP contribution in [0.1, 0.15) is 37.1 Å². The van der Waals surface area contributed by atoms with Gasteiger partial charge in [0.15, 0.2) is 5.84 Å². The Morgan fingerprint density at radius 2 is 2.26 bits per heavy atom. The monoisotopic (exact) mass is 282 g/mol. The Kier molecular flexibility index (Phi) is 4.36. The van der Waals surface area contributed by atoms with Gasteiger partial charge in [-0.25, -0.2) is 4.98 Å². The fourth-order valence-corrected chi connectivity index (χ4v) is 3.07. The SMILES string of the molecule is NC(=NO)C1(C(=O)NCc2nccs2)CCCCC1. The molecule has 104 valence electrons. The lowest BCUT2D eigenvalue weighted by Gasteiger charge is -2.34. The van der Waals surface area contributed by atoms with Crippen LogP contribution in [0.2, 0.25) is 0 Å². The van der Waals surface area contributed by atoms with Crippen molar-refractivity contribution in [3.8, 4) is 0 Å². The molecular formula is C12H18N4O2S. The number of rotatable bonds is 4. The summed E-state index contributed by atoms with van der Waals surface area (Å²) in [7, 11) is 0. The van der Waals surface area contributed by atoms with Crippen LogP contribution >= 0.6 is 11.3 Å². The Labute approximate surface area is 115 Å². The third-order valence-corrected chi connectivity index (χ3v) is 4.40. The molecule has 2 rings (SSSR count). The summed E-state index contributed by atoms with van der Waals surface area (Å²) in [5.74, 6) is -0.151. The highest BCUT2D eigenvalue weighted by Gasteiger charge is 2.43. The van der Waals surface area contributed by atoms with Crippen LogP contribution in [0, 0.1) is 5.41 Å². The fourth-order valence-electron chi connectivity index (χ4n) is 2.52. The fraction of sp³-hybridized carbons (Fsp3) is 0.583. The maximum Gasteiger partial charge on any atom is 0.234 e. The van der Waals surface area contributed by atoms with Gasteiger partial charge in [-0.05, 0) is 12.8 Å². The van der Waals surface area contributed by atoms with Crippen LogP contribution in [-0.4, -0.2) is 21.9 Å². The molecule has 1 saturated carbocycles. The van der Waals surface area contributed by atoms with Gasteiger partial charge in [-0.15, -0.1) is 11.3 Å². The number of nitrogens with zero attached hydrogens (tertiary/aromatic N) is 2. The van der Waals surface area contributed by atoms with E-state index < -0.39 is 5.41 Å². The van der Waals surface area contributed by atoms with Gasteiger partial charge in [-0.3, -0.25) is 4.79 Å². The van der Waals surface area contributed by atoms with Crippen molar-refractivity contribution in [2.24, 2.45) is 16.3 Å². The largest absolute Gasteiger partial charge is 0.409 e. The Morgan fingerprint density at radius 3 is 2.84 bits per heavy atom. The van der Waals surface area contributed by atoms with Crippen LogP contribution in [0.15, 0.2) is 16.7 Å². The van der Waals surface area contributed by atoms with E-state index in [-0.39, 0.29) is 11.7 Å². The normalized spacial score (nSPS) is 19.1. The number of aromatic nitrogens is 1.